The summed E-state index contributed by atoms with van der Waals surface area (Å²) in [5.74, 6) is -1.80. The Balaban J connectivity index is 1.23. The zero-order valence-corrected chi connectivity index (χ0v) is 19.1. The number of fused-ring (bicyclic) bond motifs is 3. The molecule has 0 saturated carbocycles. The van der Waals surface area contributed by atoms with E-state index in [1.165, 1.54) is 4.90 Å². The molecular formula is C25H25N5O5. The molecule has 2 heterocycles. The fraction of sp³-hybridized carbons (Fsp3) is 0.320. The number of carbonyl (C=O) groups excluding carboxylic acids is 2. The van der Waals surface area contributed by atoms with E-state index in [1.54, 1.807) is 0 Å². The fourth-order valence-corrected chi connectivity index (χ4v) is 4.91. The van der Waals surface area contributed by atoms with E-state index in [0.717, 1.165) is 28.7 Å². The van der Waals surface area contributed by atoms with Crippen LogP contribution in [0.4, 0.5) is 10.7 Å². The molecule has 0 radical (unpaired) electrons. The largest absolute Gasteiger partial charge is 0.480 e. The van der Waals surface area contributed by atoms with E-state index in [1.807, 2.05) is 43.3 Å². The van der Waals surface area contributed by atoms with Crippen molar-refractivity contribution < 1.29 is 24.2 Å². The van der Waals surface area contributed by atoms with Crippen LogP contribution in [0.15, 0.2) is 48.5 Å². The van der Waals surface area contributed by atoms with Crippen molar-refractivity contribution in [3.63, 3.8) is 0 Å². The molecule has 1 aliphatic heterocycles. The lowest BCUT2D eigenvalue weighted by molar-refractivity contribution is -0.143. The Labute approximate surface area is 201 Å². The Morgan fingerprint density at radius 1 is 1.09 bits per heavy atom. The number of aromatic nitrogens is 3. The smallest absolute Gasteiger partial charge is 0.414 e. The number of amides is 2. The molecule has 35 heavy (non-hydrogen) atoms. The number of rotatable bonds is 5. The first-order chi connectivity index (χ1) is 16.9. The van der Waals surface area contributed by atoms with Crippen molar-refractivity contribution in [1.29, 1.82) is 0 Å². The van der Waals surface area contributed by atoms with Crippen molar-refractivity contribution in [2.45, 2.75) is 31.7 Å². The minimum absolute atomic E-state index is 0.0912. The first-order valence-electron chi connectivity index (χ1n) is 11.5. The third kappa shape index (κ3) is 4.34. The average molecular weight is 476 g/mol. The summed E-state index contributed by atoms with van der Waals surface area (Å²) in [6.45, 7) is 2.40. The van der Waals surface area contributed by atoms with Gasteiger partial charge < -0.3 is 14.7 Å². The number of benzene rings is 2. The molecule has 180 valence electrons. The number of piperidine rings is 1. The van der Waals surface area contributed by atoms with Crippen molar-refractivity contribution in [2.75, 3.05) is 18.5 Å². The molecule has 2 amide bonds. The molecule has 5 rings (SSSR count). The van der Waals surface area contributed by atoms with E-state index >= 15 is 0 Å². The van der Waals surface area contributed by atoms with Gasteiger partial charge in [0.2, 0.25) is 5.82 Å². The Bertz CT molecular complexity index is 1240. The molecule has 2 aliphatic rings. The second-order valence-corrected chi connectivity index (χ2v) is 8.95. The fourth-order valence-electron chi connectivity index (χ4n) is 4.91. The van der Waals surface area contributed by atoms with Crippen molar-refractivity contribution >= 4 is 23.9 Å². The summed E-state index contributed by atoms with van der Waals surface area (Å²) in [4.78, 5) is 42.2. The quantitative estimate of drug-likeness (QED) is 0.514. The molecule has 1 aliphatic carbocycles. The minimum atomic E-state index is -1.05. The van der Waals surface area contributed by atoms with Gasteiger partial charge in [-0.25, -0.2) is 9.59 Å². The molecule has 3 aromatic rings. The summed E-state index contributed by atoms with van der Waals surface area (Å²) in [5.41, 5.74) is 4.44. The van der Waals surface area contributed by atoms with Gasteiger partial charge >= 0.3 is 12.1 Å². The van der Waals surface area contributed by atoms with Crippen molar-refractivity contribution in [3.8, 4) is 11.1 Å². The summed E-state index contributed by atoms with van der Waals surface area (Å²) < 4.78 is 5.48. The van der Waals surface area contributed by atoms with E-state index in [9.17, 15) is 19.5 Å². The lowest BCUT2D eigenvalue weighted by atomic mass is 9.94. The number of anilines is 1. The molecule has 3 N–H and O–H groups in total. The molecule has 2 atom stereocenters. The highest BCUT2D eigenvalue weighted by Gasteiger charge is 2.36. The summed E-state index contributed by atoms with van der Waals surface area (Å²) in [5, 5.41) is 18.3. The predicted molar refractivity (Wildman–Crippen MR) is 126 cm³/mol. The summed E-state index contributed by atoms with van der Waals surface area (Å²) in [7, 11) is 0. The topological polar surface area (TPSA) is 138 Å². The van der Waals surface area contributed by atoms with E-state index in [-0.39, 0.29) is 30.2 Å². The first kappa shape index (κ1) is 22.6. The summed E-state index contributed by atoms with van der Waals surface area (Å²) in [6.07, 6.45) is 0.354. The van der Waals surface area contributed by atoms with Crippen LogP contribution in [0, 0.1) is 5.92 Å². The number of H-pyrrole nitrogens is 1. The van der Waals surface area contributed by atoms with Crippen LogP contribution in [0.1, 0.15) is 47.4 Å². The zero-order valence-electron chi connectivity index (χ0n) is 19.1. The van der Waals surface area contributed by atoms with Gasteiger partial charge in [0.15, 0.2) is 0 Å². The molecule has 2 unspecified atom stereocenters. The Hall–Kier alpha value is -4.21. The number of hydrogen-bond donors (Lipinski definition) is 3. The van der Waals surface area contributed by atoms with Gasteiger partial charge in [0.25, 0.3) is 11.9 Å². The summed E-state index contributed by atoms with van der Waals surface area (Å²) >= 11 is 0. The SMILES string of the molecule is CC1CCC(C(=O)O)N(C(=O)c2nc(NC(=O)OCC3c4ccccc4-c4ccccc43)n[nH]2)C1. The van der Waals surface area contributed by atoms with Gasteiger partial charge in [-0.3, -0.25) is 15.2 Å². The van der Waals surface area contributed by atoms with E-state index < -0.39 is 24.0 Å². The highest BCUT2D eigenvalue weighted by atomic mass is 16.5. The molecule has 2 aromatic carbocycles. The third-order valence-corrected chi connectivity index (χ3v) is 6.61. The van der Waals surface area contributed by atoms with Gasteiger partial charge in [0.05, 0.1) is 0 Å². The molecular weight excluding hydrogens is 450 g/mol. The van der Waals surface area contributed by atoms with Crippen molar-refractivity contribution in [2.24, 2.45) is 5.92 Å². The van der Waals surface area contributed by atoms with Crippen LogP contribution in [0.25, 0.3) is 11.1 Å². The van der Waals surface area contributed by atoms with Crippen molar-refractivity contribution in [3.05, 3.63) is 65.5 Å². The number of nitrogens with zero attached hydrogens (tertiary/aromatic N) is 3. The maximum atomic E-state index is 12.9. The number of hydrogen-bond acceptors (Lipinski definition) is 6. The van der Waals surface area contributed by atoms with E-state index in [2.05, 4.69) is 32.6 Å². The van der Waals surface area contributed by atoms with Gasteiger partial charge in [-0.2, -0.15) is 4.98 Å². The lowest BCUT2D eigenvalue weighted by Crippen LogP contribution is -2.50. The zero-order chi connectivity index (χ0) is 24.5. The summed E-state index contributed by atoms with van der Waals surface area (Å²) in [6, 6.07) is 15.1. The number of likely N-dealkylation sites (tertiary alicyclic amines) is 1. The third-order valence-electron chi connectivity index (χ3n) is 6.61. The number of carboxylic acid groups (broad SMARTS) is 1. The van der Waals surface area contributed by atoms with Gasteiger partial charge in [-0.1, -0.05) is 55.5 Å². The van der Waals surface area contributed by atoms with Crippen LogP contribution in [0.5, 0.6) is 0 Å². The van der Waals surface area contributed by atoms with E-state index in [0.29, 0.717) is 13.0 Å². The maximum absolute atomic E-state index is 12.9. The van der Waals surface area contributed by atoms with Crippen molar-refractivity contribution in [1.82, 2.24) is 20.1 Å². The normalized spacial score (nSPS) is 19.1. The molecule has 1 aromatic heterocycles. The molecule has 0 spiro atoms. The molecule has 10 nitrogen and oxygen atoms in total. The van der Waals surface area contributed by atoms with Crippen LogP contribution < -0.4 is 5.32 Å². The highest BCUT2D eigenvalue weighted by molar-refractivity contribution is 5.94. The monoisotopic (exact) mass is 475 g/mol. The maximum Gasteiger partial charge on any atom is 0.414 e. The second kappa shape index (κ2) is 9.21. The number of nitrogens with one attached hydrogen (secondary N) is 2. The van der Waals surface area contributed by atoms with Gasteiger partial charge in [-0.05, 0) is 41.0 Å². The van der Waals surface area contributed by atoms with Crippen LogP contribution in [-0.4, -0.2) is 62.4 Å². The average Bonchev–Trinajstić information content (AvgIpc) is 3.44. The first-order valence-corrected chi connectivity index (χ1v) is 11.5. The number of aromatic amines is 1. The van der Waals surface area contributed by atoms with Gasteiger partial charge in [0, 0.05) is 12.5 Å². The van der Waals surface area contributed by atoms with E-state index in [4.69, 9.17) is 4.74 Å². The second-order valence-electron chi connectivity index (χ2n) is 8.95. The molecule has 1 saturated heterocycles. The van der Waals surface area contributed by atoms with Crippen LogP contribution in [-0.2, 0) is 9.53 Å². The standard InChI is InChI=1S/C25H25N5O5/c1-14-10-11-20(23(32)33)30(12-14)22(31)21-26-24(29-28-21)27-25(34)35-13-19-17-8-4-2-6-15(17)16-7-3-5-9-18(16)19/h2-9,14,19-20H,10-13H2,1H3,(H,32,33)(H2,26,27,28,29,34). The predicted octanol–water partition coefficient (Wildman–Crippen LogP) is 3.49. The Morgan fingerprint density at radius 3 is 2.40 bits per heavy atom. The van der Waals surface area contributed by atoms with Gasteiger partial charge in [-0.15, -0.1) is 5.10 Å². The number of carbonyl (C=O) groups is 3. The molecule has 10 heteroatoms. The molecule has 1 fully saturated rings. The van der Waals surface area contributed by atoms with Crippen LogP contribution >= 0.6 is 0 Å². The Morgan fingerprint density at radius 2 is 1.74 bits per heavy atom. The number of carboxylic acids is 1. The minimum Gasteiger partial charge on any atom is -0.480 e. The molecule has 0 bridgehead atoms. The van der Waals surface area contributed by atoms with Crippen LogP contribution in [0.2, 0.25) is 0 Å². The van der Waals surface area contributed by atoms with Gasteiger partial charge in [0.1, 0.15) is 12.6 Å². The Kier molecular flexibility index (Phi) is 5.94. The van der Waals surface area contributed by atoms with Crippen LogP contribution in [0.3, 0.4) is 0 Å². The number of aliphatic carboxylic acids is 1. The number of ether oxygens (including phenoxy) is 1. The lowest BCUT2D eigenvalue weighted by Gasteiger charge is -2.35. The highest BCUT2D eigenvalue weighted by Crippen LogP contribution is 2.44.